The number of aromatic nitrogens is 3. The fourth-order valence-corrected chi connectivity index (χ4v) is 4.26. The maximum Gasteiger partial charge on any atom is 0.260 e. The molecule has 0 saturated heterocycles. The SMILES string of the molecule is COc1cccc(-c2ccc3c(N)c(-c4nnc(-c5ccc(Cl)cc5)o4)sc3n2)c1. The highest BCUT2D eigenvalue weighted by Crippen LogP contribution is 2.41. The fourth-order valence-electron chi connectivity index (χ4n) is 3.12. The van der Waals surface area contributed by atoms with Crippen LogP contribution in [0.1, 0.15) is 0 Å². The maximum atomic E-state index is 6.38. The molecule has 3 aromatic heterocycles. The lowest BCUT2D eigenvalue weighted by molar-refractivity contribution is 0.415. The standard InChI is InChI=1S/C22H15ClN4O2S/c1-28-15-4-2-3-13(11-15)17-10-9-16-18(24)19(30-22(16)25-17)21-27-26-20(29-21)12-5-7-14(23)8-6-12/h2-11H,24H2,1H3. The first kappa shape index (κ1) is 18.6. The molecule has 8 heteroatoms. The predicted molar refractivity (Wildman–Crippen MR) is 120 cm³/mol. The number of pyridine rings is 1. The minimum atomic E-state index is 0.364. The van der Waals surface area contributed by atoms with Crippen LogP contribution in [-0.2, 0) is 0 Å². The number of nitrogen functional groups attached to an aromatic ring is 1. The summed E-state index contributed by atoms with van der Waals surface area (Å²) in [5.41, 5.74) is 9.54. The number of nitrogens with two attached hydrogens (primary N) is 1. The van der Waals surface area contributed by atoms with Crippen LogP contribution in [0.4, 0.5) is 5.69 Å². The summed E-state index contributed by atoms with van der Waals surface area (Å²) in [4.78, 5) is 6.28. The molecule has 5 rings (SSSR count). The summed E-state index contributed by atoms with van der Waals surface area (Å²) >= 11 is 7.37. The van der Waals surface area contributed by atoms with Crippen molar-refractivity contribution in [3.05, 3.63) is 65.7 Å². The van der Waals surface area contributed by atoms with Gasteiger partial charge in [0.15, 0.2) is 0 Å². The van der Waals surface area contributed by atoms with Crippen molar-refractivity contribution in [3.8, 4) is 39.2 Å². The number of thiophene rings is 1. The molecule has 0 aliphatic carbocycles. The van der Waals surface area contributed by atoms with Crippen molar-refractivity contribution in [2.45, 2.75) is 0 Å². The second kappa shape index (κ2) is 7.44. The zero-order valence-electron chi connectivity index (χ0n) is 15.8. The molecule has 0 bridgehead atoms. The van der Waals surface area contributed by atoms with Crippen molar-refractivity contribution < 1.29 is 9.15 Å². The molecule has 5 aromatic rings. The van der Waals surface area contributed by atoms with Crippen LogP contribution in [0.25, 0.3) is 43.7 Å². The van der Waals surface area contributed by atoms with Gasteiger partial charge in [-0.2, -0.15) is 0 Å². The highest BCUT2D eigenvalue weighted by molar-refractivity contribution is 7.22. The number of anilines is 1. The van der Waals surface area contributed by atoms with Crippen molar-refractivity contribution in [1.29, 1.82) is 0 Å². The summed E-state index contributed by atoms with van der Waals surface area (Å²) in [6.45, 7) is 0. The molecule has 6 nitrogen and oxygen atoms in total. The highest BCUT2D eigenvalue weighted by atomic mass is 35.5. The van der Waals surface area contributed by atoms with E-state index in [1.807, 2.05) is 48.5 Å². The summed E-state index contributed by atoms with van der Waals surface area (Å²) < 4.78 is 11.2. The first-order valence-electron chi connectivity index (χ1n) is 9.05. The third kappa shape index (κ3) is 3.28. The molecule has 0 amide bonds. The Morgan fingerprint density at radius 2 is 1.77 bits per heavy atom. The van der Waals surface area contributed by atoms with E-state index in [4.69, 9.17) is 31.5 Å². The van der Waals surface area contributed by atoms with Crippen molar-refractivity contribution in [3.63, 3.8) is 0 Å². The molecule has 30 heavy (non-hydrogen) atoms. The largest absolute Gasteiger partial charge is 0.497 e. The smallest absolute Gasteiger partial charge is 0.260 e. The zero-order valence-corrected chi connectivity index (χ0v) is 17.4. The Morgan fingerprint density at radius 3 is 2.57 bits per heavy atom. The van der Waals surface area contributed by atoms with Gasteiger partial charge in [-0.1, -0.05) is 23.7 Å². The Morgan fingerprint density at radius 1 is 0.967 bits per heavy atom. The van der Waals surface area contributed by atoms with E-state index in [0.29, 0.717) is 27.4 Å². The molecule has 0 aliphatic rings. The molecular weight excluding hydrogens is 420 g/mol. The number of nitrogens with zero attached hydrogens (tertiary/aromatic N) is 3. The highest BCUT2D eigenvalue weighted by Gasteiger charge is 2.19. The number of methoxy groups -OCH3 is 1. The summed E-state index contributed by atoms with van der Waals surface area (Å²) in [5, 5.41) is 9.82. The van der Waals surface area contributed by atoms with Gasteiger partial charge in [-0.05, 0) is 48.5 Å². The molecule has 148 valence electrons. The Balaban J connectivity index is 1.54. The number of benzene rings is 2. The first-order valence-corrected chi connectivity index (χ1v) is 10.2. The molecule has 0 atom stereocenters. The Labute approximate surface area is 180 Å². The lowest BCUT2D eigenvalue weighted by atomic mass is 10.1. The van der Waals surface area contributed by atoms with Gasteiger partial charge in [0, 0.05) is 21.5 Å². The number of hydrogen-bond acceptors (Lipinski definition) is 7. The molecule has 0 saturated carbocycles. The number of halogens is 1. The van der Waals surface area contributed by atoms with Crippen LogP contribution >= 0.6 is 22.9 Å². The minimum absolute atomic E-state index is 0.364. The van der Waals surface area contributed by atoms with Crippen LogP contribution in [0.3, 0.4) is 0 Å². The van der Waals surface area contributed by atoms with Gasteiger partial charge >= 0.3 is 0 Å². The van der Waals surface area contributed by atoms with E-state index in [1.54, 1.807) is 19.2 Å². The van der Waals surface area contributed by atoms with Crippen molar-refractivity contribution in [1.82, 2.24) is 15.2 Å². The lowest BCUT2D eigenvalue weighted by Crippen LogP contribution is -1.88. The lowest BCUT2D eigenvalue weighted by Gasteiger charge is -2.04. The average Bonchev–Trinajstić information content (AvgIpc) is 3.39. The second-order valence-corrected chi connectivity index (χ2v) is 7.98. The van der Waals surface area contributed by atoms with Crippen molar-refractivity contribution in [2.75, 3.05) is 12.8 Å². The van der Waals surface area contributed by atoms with E-state index < -0.39 is 0 Å². The maximum absolute atomic E-state index is 6.38. The fraction of sp³-hybridized carbons (Fsp3) is 0.0455. The van der Waals surface area contributed by atoms with E-state index in [2.05, 4.69) is 10.2 Å². The van der Waals surface area contributed by atoms with E-state index in [9.17, 15) is 0 Å². The molecule has 0 spiro atoms. The quantitative estimate of drug-likeness (QED) is 0.377. The Bertz CT molecular complexity index is 1360. The number of rotatable bonds is 4. The van der Waals surface area contributed by atoms with Crippen LogP contribution in [0.5, 0.6) is 5.75 Å². The van der Waals surface area contributed by atoms with Gasteiger partial charge < -0.3 is 14.9 Å². The van der Waals surface area contributed by atoms with E-state index in [0.717, 1.165) is 32.8 Å². The second-order valence-electron chi connectivity index (χ2n) is 6.55. The van der Waals surface area contributed by atoms with Crippen molar-refractivity contribution >= 4 is 38.8 Å². The van der Waals surface area contributed by atoms with Crippen molar-refractivity contribution in [2.24, 2.45) is 0 Å². The van der Waals surface area contributed by atoms with Crippen LogP contribution in [0, 0.1) is 0 Å². The van der Waals surface area contributed by atoms with Gasteiger partial charge in [-0.3, -0.25) is 0 Å². The first-order chi connectivity index (χ1) is 14.6. The molecule has 0 fully saturated rings. The van der Waals surface area contributed by atoms with Gasteiger partial charge in [-0.15, -0.1) is 21.5 Å². The molecule has 0 unspecified atom stereocenters. The molecule has 2 aromatic carbocycles. The van der Waals surface area contributed by atoms with E-state index in [-0.39, 0.29) is 0 Å². The normalized spacial score (nSPS) is 11.1. The molecule has 0 radical (unpaired) electrons. The van der Waals surface area contributed by atoms with Gasteiger partial charge in [0.25, 0.3) is 5.89 Å². The molecule has 2 N–H and O–H groups in total. The van der Waals surface area contributed by atoms with Crippen LogP contribution in [0.2, 0.25) is 5.02 Å². The summed E-state index contributed by atoms with van der Waals surface area (Å²) in [6.07, 6.45) is 0. The van der Waals surface area contributed by atoms with E-state index in [1.165, 1.54) is 11.3 Å². The van der Waals surface area contributed by atoms with Crippen LogP contribution in [0.15, 0.2) is 65.1 Å². The number of hydrogen-bond donors (Lipinski definition) is 1. The van der Waals surface area contributed by atoms with Gasteiger partial charge in [-0.25, -0.2) is 4.98 Å². The summed E-state index contributed by atoms with van der Waals surface area (Å²) in [6, 6.07) is 18.9. The molecule has 0 aliphatic heterocycles. The summed E-state index contributed by atoms with van der Waals surface area (Å²) in [7, 11) is 1.64. The summed E-state index contributed by atoms with van der Waals surface area (Å²) in [5.74, 6) is 1.55. The van der Waals surface area contributed by atoms with Crippen LogP contribution in [-0.4, -0.2) is 22.3 Å². The monoisotopic (exact) mass is 434 g/mol. The Kier molecular flexibility index (Phi) is 4.61. The Hall–Kier alpha value is -3.42. The van der Waals surface area contributed by atoms with E-state index >= 15 is 0 Å². The third-order valence-electron chi connectivity index (χ3n) is 4.67. The van der Waals surface area contributed by atoms with Gasteiger partial charge in [0.2, 0.25) is 5.89 Å². The topological polar surface area (TPSA) is 87.1 Å². The number of ether oxygens (including phenoxy) is 1. The minimum Gasteiger partial charge on any atom is -0.497 e. The zero-order chi connectivity index (χ0) is 20.7. The number of fused-ring (bicyclic) bond motifs is 1. The average molecular weight is 435 g/mol. The third-order valence-corrected chi connectivity index (χ3v) is 6.02. The molecule has 3 heterocycles. The van der Waals surface area contributed by atoms with Crippen LogP contribution < -0.4 is 10.5 Å². The van der Waals surface area contributed by atoms with Gasteiger partial charge in [0.05, 0.1) is 18.5 Å². The molecular formula is C22H15ClN4O2S. The van der Waals surface area contributed by atoms with Gasteiger partial charge in [0.1, 0.15) is 15.5 Å². The predicted octanol–water partition coefficient (Wildman–Crippen LogP) is 5.92.